The molecule has 0 spiro atoms. The summed E-state index contributed by atoms with van der Waals surface area (Å²) in [6.45, 7) is 0. The number of rotatable bonds is 6. The number of ether oxygens (including phenoxy) is 1. The number of carbonyl (C=O) groups is 2. The highest BCUT2D eigenvalue weighted by Gasteiger charge is 2.15. The molecule has 0 aliphatic rings. The van der Waals surface area contributed by atoms with Gasteiger partial charge >= 0.3 is 0 Å². The third-order valence-electron chi connectivity index (χ3n) is 4.75. The van der Waals surface area contributed by atoms with E-state index in [9.17, 15) is 9.59 Å². The van der Waals surface area contributed by atoms with Gasteiger partial charge in [-0.3, -0.25) is 20.4 Å². The van der Waals surface area contributed by atoms with E-state index >= 15 is 0 Å². The number of hydrazine groups is 1. The molecular weight excluding hydrogens is 394 g/mol. The first kappa shape index (κ1) is 20.0. The van der Waals surface area contributed by atoms with Gasteiger partial charge in [0.25, 0.3) is 5.91 Å². The average molecular weight is 415 g/mol. The van der Waals surface area contributed by atoms with Crippen LogP contribution in [-0.4, -0.2) is 28.9 Å². The van der Waals surface area contributed by atoms with E-state index in [1.165, 1.54) is 0 Å². The first-order valence-electron chi connectivity index (χ1n) is 9.65. The van der Waals surface area contributed by atoms with Crippen molar-refractivity contribution in [2.24, 2.45) is 0 Å². The highest BCUT2D eigenvalue weighted by Crippen LogP contribution is 2.27. The molecule has 4 N–H and O–H groups in total. The number of pyridine rings is 1. The van der Waals surface area contributed by atoms with Crippen LogP contribution in [-0.2, 0) is 11.2 Å². The van der Waals surface area contributed by atoms with Crippen LogP contribution in [0.2, 0.25) is 0 Å². The quantitative estimate of drug-likeness (QED) is 0.361. The van der Waals surface area contributed by atoms with Gasteiger partial charge in [-0.2, -0.15) is 0 Å². The lowest BCUT2D eigenvalue weighted by Gasteiger charge is -2.13. The summed E-state index contributed by atoms with van der Waals surface area (Å²) < 4.78 is 5.33. The smallest absolute Gasteiger partial charge is 0.273 e. The van der Waals surface area contributed by atoms with E-state index in [1.54, 1.807) is 37.7 Å². The van der Waals surface area contributed by atoms with Crippen molar-refractivity contribution in [2.45, 2.75) is 6.42 Å². The number of H-pyrrole nitrogens is 1. The Bertz CT molecular complexity index is 1230. The van der Waals surface area contributed by atoms with Crippen molar-refractivity contribution in [2.75, 3.05) is 12.4 Å². The van der Waals surface area contributed by atoms with Crippen molar-refractivity contribution in [1.82, 2.24) is 20.8 Å². The van der Waals surface area contributed by atoms with Gasteiger partial charge in [-0.1, -0.05) is 30.3 Å². The third kappa shape index (κ3) is 4.48. The van der Waals surface area contributed by atoms with E-state index in [1.807, 2.05) is 42.5 Å². The summed E-state index contributed by atoms with van der Waals surface area (Å²) in [5, 5.41) is 4.08. The zero-order valence-corrected chi connectivity index (χ0v) is 16.8. The normalized spacial score (nSPS) is 10.5. The molecule has 31 heavy (non-hydrogen) atoms. The standard InChI is InChI=1S/C23H21N5O3/c1-31-20-11-5-4-10-19(20)26-22-17(8-6-12-24-22)23(30)28-27-21(29)13-15-14-25-18-9-3-2-7-16(15)18/h2-12,14,25H,13H2,1H3,(H,24,26)(H,27,29)(H,28,30). The number of nitrogens with one attached hydrogen (secondary N) is 4. The van der Waals surface area contributed by atoms with Gasteiger partial charge in [-0.05, 0) is 35.9 Å². The molecule has 0 fully saturated rings. The van der Waals surface area contributed by atoms with E-state index in [0.29, 0.717) is 17.3 Å². The van der Waals surface area contributed by atoms with Gasteiger partial charge in [-0.15, -0.1) is 0 Å². The van der Waals surface area contributed by atoms with Gasteiger partial charge in [0, 0.05) is 23.3 Å². The minimum Gasteiger partial charge on any atom is -0.495 e. The maximum Gasteiger partial charge on any atom is 0.273 e. The van der Waals surface area contributed by atoms with Gasteiger partial charge in [0.15, 0.2) is 0 Å². The maximum atomic E-state index is 12.7. The predicted octanol–water partition coefficient (Wildman–Crippen LogP) is 3.32. The number of hydrogen-bond donors (Lipinski definition) is 4. The fraction of sp³-hybridized carbons (Fsp3) is 0.0870. The Morgan fingerprint density at radius 2 is 1.81 bits per heavy atom. The van der Waals surface area contributed by atoms with E-state index in [2.05, 4.69) is 26.1 Å². The minimum atomic E-state index is -0.488. The van der Waals surface area contributed by atoms with Crippen LogP contribution in [0.25, 0.3) is 10.9 Å². The zero-order valence-electron chi connectivity index (χ0n) is 16.8. The number of carbonyl (C=O) groups excluding carboxylic acids is 2. The maximum absolute atomic E-state index is 12.7. The highest BCUT2D eigenvalue weighted by atomic mass is 16.5. The fourth-order valence-electron chi connectivity index (χ4n) is 3.25. The van der Waals surface area contributed by atoms with Gasteiger partial charge in [0.1, 0.15) is 11.6 Å². The van der Waals surface area contributed by atoms with Crippen molar-refractivity contribution in [3.63, 3.8) is 0 Å². The van der Waals surface area contributed by atoms with Gasteiger partial charge in [0.2, 0.25) is 5.91 Å². The van der Waals surface area contributed by atoms with Crippen molar-refractivity contribution in [3.05, 3.63) is 84.2 Å². The zero-order chi connectivity index (χ0) is 21.6. The summed E-state index contributed by atoms with van der Waals surface area (Å²) in [4.78, 5) is 32.4. The molecule has 0 atom stereocenters. The summed E-state index contributed by atoms with van der Waals surface area (Å²) in [7, 11) is 1.57. The van der Waals surface area contributed by atoms with E-state index in [0.717, 1.165) is 16.5 Å². The van der Waals surface area contributed by atoms with E-state index in [-0.39, 0.29) is 17.9 Å². The van der Waals surface area contributed by atoms with E-state index < -0.39 is 5.91 Å². The van der Waals surface area contributed by atoms with Crippen molar-refractivity contribution in [3.8, 4) is 5.75 Å². The number of fused-ring (bicyclic) bond motifs is 1. The molecule has 8 heteroatoms. The number of para-hydroxylation sites is 3. The van der Waals surface area contributed by atoms with Crippen LogP contribution in [0.5, 0.6) is 5.75 Å². The van der Waals surface area contributed by atoms with E-state index in [4.69, 9.17) is 4.74 Å². The molecule has 0 saturated heterocycles. The minimum absolute atomic E-state index is 0.129. The fourth-order valence-corrected chi connectivity index (χ4v) is 3.25. The second-order valence-corrected chi connectivity index (χ2v) is 6.76. The Morgan fingerprint density at radius 1 is 1.00 bits per heavy atom. The molecule has 0 aliphatic carbocycles. The molecule has 0 bridgehead atoms. The molecule has 4 aromatic rings. The van der Waals surface area contributed by atoms with Crippen molar-refractivity contribution >= 4 is 34.2 Å². The second-order valence-electron chi connectivity index (χ2n) is 6.76. The van der Waals surface area contributed by atoms with Crippen molar-refractivity contribution in [1.29, 1.82) is 0 Å². The highest BCUT2D eigenvalue weighted by molar-refractivity contribution is 6.00. The number of aromatic amines is 1. The number of anilines is 2. The summed E-state index contributed by atoms with van der Waals surface area (Å²) in [6, 6.07) is 18.3. The SMILES string of the molecule is COc1ccccc1Nc1ncccc1C(=O)NNC(=O)Cc1c[nH]c2ccccc12. The van der Waals surface area contributed by atoms with Crippen LogP contribution in [0.15, 0.2) is 73.1 Å². The van der Waals surface area contributed by atoms with Crippen molar-refractivity contribution < 1.29 is 14.3 Å². The molecule has 4 rings (SSSR count). The first-order valence-corrected chi connectivity index (χ1v) is 9.65. The number of methoxy groups -OCH3 is 1. The summed E-state index contributed by atoms with van der Waals surface area (Å²) in [5.74, 6) is 0.140. The van der Waals surface area contributed by atoms with Crippen LogP contribution >= 0.6 is 0 Å². The molecular formula is C23H21N5O3. The molecule has 0 saturated carbocycles. The molecule has 2 heterocycles. The molecule has 0 unspecified atom stereocenters. The number of hydrogen-bond acceptors (Lipinski definition) is 5. The molecule has 2 amide bonds. The number of benzene rings is 2. The molecule has 156 valence electrons. The molecule has 0 aliphatic heterocycles. The van der Waals surface area contributed by atoms with Gasteiger partial charge in [0.05, 0.1) is 24.8 Å². The largest absolute Gasteiger partial charge is 0.495 e. The Morgan fingerprint density at radius 3 is 2.68 bits per heavy atom. The van der Waals surface area contributed by atoms with Gasteiger partial charge in [-0.25, -0.2) is 4.98 Å². The average Bonchev–Trinajstić information content (AvgIpc) is 3.21. The Labute approximate surface area is 178 Å². The molecule has 8 nitrogen and oxygen atoms in total. The number of aromatic nitrogens is 2. The monoisotopic (exact) mass is 415 g/mol. The summed E-state index contributed by atoms with van der Waals surface area (Å²) >= 11 is 0. The Hall–Kier alpha value is -4.33. The lowest BCUT2D eigenvalue weighted by molar-refractivity contribution is -0.121. The van der Waals surface area contributed by atoms with Crippen LogP contribution < -0.4 is 20.9 Å². The lowest BCUT2D eigenvalue weighted by atomic mass is 10.1. The molecule has 2 aromatic heterocycles. The van der Waals surface area contributed by atoms with Crippen LogP contribution in [0.3, 0.4) is 0 Å². The summed E-state index contributed by atoms with van der Waals surface area (Å²) in [6.07, 6.45) is 3.50. The van der Waals surface area contributed by atoms with Crippen LogP contribution in [0.1, 0.15) is 15.9 Å². The summed E-state index contributed by atoms with van der Waals surface area (Å²) in [5.41, 5.74) is 7.67. The third-order valence-corrected chi connectivity index (χ3v) is 4.75. The Balaban J connectivity index is 1.42. The lowest BCUT2D eigenvalue weighted by Crippen LogP contribution is -2.42. The second kappa shape index (κ2) is 9.00. The molecule has 0 radical (unpaired) electrons. The molecule has 2 aromatic carbocycles. The van der Waals surface area contributed by atoms with Crippen LogP contribution in [0.4, 0.5) is 11.5 Å². The van der Waals surface area contributed by atoms with Gasteiger partial charge < -0.3 is 15.0 Å². The number of nitrogens with zero attached hydrogens (tertiary/aromatic N) is 1. The Kier molecular flexibility index (Phi) is 5.79. The number of amides is 2. The predicted molar refractivity (Wildman–Crippen MR) is 118 cm³/mol. The topological polar surface area (TPSA) is 108 Å². The first-order chi connectivity index (χ1) is 15.2. The van der Waals surface area contributed by atoms with Crippen LogP contribution in [0, 0.1) is 0 Å².